The fourth-order valence-corrected chi connectivity index (χ4v) is 1.33. The van der Waals surface area contributed by atoms with E-state index >= 15 is 0 Å². The third-order valence-corrected chi connectivity index (χ3v) is 1.98. The first-order chi connectivity index (χ1) is 4.20. The molecule has 0 aliphatic heterocycles. The Hall–Kier alpha value is -0.0800. The van der Waals surface area contributed by atoms with Crippen LogP contribution < -0.4 is 0 Å². The first-order valence-corrected chi connectivity index (χ1v) is 3.71. The predicted octanol–water partition coefficient (Wildman–Crippen LogP) is 1.98. The molecule has 0 spiro atoms. The molecule has 2 heteroatoms. The molecule has 0 saturated carbocycles. The molecule has 9 heavy (non-hydrogen) atoms. The molecule has 1 nitrogen and oxygen atoms in total. The minimum Gasteiger partial charge on any atom is -0.388 e. The molecule has 1 unspecified atom stereocenters. The average Bonchev–Trinajstić information content (AvgIpc) is 1.80. The predicted molar refractivity (Wildman–Crippen MR) is 41.4 cm³/mol. The lowest BCUT2D eigenvalue weighted by Gasteiger charge is -2.12. The van der Waals surface area contributed by atoms with Gasteiger partial charge >= 0.3 is 0 Å². The maximum Gasteiger partial charge on any atom is 0.0785 e. The van der Waals surface area contributed by atoms with Gasteiger partial charge in [0.25, 0.3) is 0 Å². The maximum atomic E-state index is 9.16. The van der Waals surface area contributed by atoms with Gasteiger partial charge < -0.3 is 5.11 Å². The van der Waals surface area contributed by atoms with Crippen molar-refractivity contribution >= 4 is 15.9 Å². The molecular weight excluding hydrogens is 180 g/mol. The third kappa shape index (κ3) is 1.66. The topological polar surface area (TPSA) is 20.2 Å². The fraction of sp³-hybridized carbons (Fsp3) is 0.429. The Kier molecular flexibility index (Phi) is 2.09. The summed E-state index contributed by atoms with van der Waals surface area (Å²) >= 11 is 3.33. The summed E-state index contributed by atoms with van der Waals surface area (Å²) in [6.07, 6.45) is 4.39. The Morgan fingerprint density at radius 2 is 2.44 bits per heavy atom. The van der Waals surface area contributed by atoms with E-state index in [1.54, 1.807) is 0 Å². The summed E-state index contributed by atoms with van der Waals surface area (Å²) in [5.74, 6) is 0. The standard InChI is InChI=1S/C7H9BrO/c1-5-4-6(8)2-3-7(5)9/h2,4,7,9H,3H2,1H3. The molecule has 0 aromatic carbocycles. The van der Waals surface area contributed by atoms with Gasteiger partial charge in [-0.15, -0.1) is 0 Å². The van der Waals surface area contributed by atoms with Gasteiger partial charge in [0, 0.05) is 4.48 Å². The van der Waals surface area contributed by atoms with Crippen molar-refractivity contribution < 1.29 is 5.11 Å². The molecule has 0 radical (unpaired) electrons. The second kappa shape index (κ2) is 2.67. The van der Waals surface area contributed by atoms with Gasteiger partial charge in [-0.1, -0.05) is 22.0 Å². The van der Waals surface area contributed by atoms with E-state index in [1.807, 2.05) is 19.1 Å². The molecular formula is C7H9BrO. The van der Waals surface area contributed by atoms with Crippen LogP contribution >= 0.6 is 15.9 Å². The maximum absolute atomic E-state index is 9.16. The Morgan fingerprint density at radius 3 is 2.89 bits per heavy atom. The highest BCUT2D eigenvalue weighted by Crippen LogP contribution is 2.20. The largest absolute Gasteiger partial charge is 0.388 e. The van der Waals surface area contributed by atoms with Crippen LogP contribution in [0.3, 0.4) is 0 Å². The van der Waals surface area contributed by atoms with Crippen LogP contribution in [0, 0.1) is 0 Å². The molecule has 1 N–H and O–H groups in total. The van der Waals surface area contributed by atoms with E-state index in [-0.39, 0.29) is 6.10 Å². The molecule has 0 aromatic rings. The number of aliphatic hydroxyl groups is 1. The van der Waals surface area contributed by atoms with Crippen LogP contribution in [0.5, 0.6) is 0 Å². The van der Waals surface area contributed by atoms with Crippen molar-refractivity contribution in [1.29, 1.82) is 0 Å². The molecule has 1 aliphatic carbocycles. The van der Waals surface area contributed by atoms with Crippen molar-refractivity contribution in [2.45, 2.75) is 19.4 Å². The number of allylic oxidation sites excluding steroid dienone is 2. The SMILES string of the molecule is CC1=CC(Br)=CCC1O. The Balaban J connectivity index is 2.74. The molecule has 0 aromatic heterocycles. The summed E-state index contributed by atoms with van der Waals surface area (Å²) < 4.78 is 1.07. The van der Waals surface area contributed by atoms with E-state index in [4.69, 9.17) is 5.11 Å². The van der Waals surface area contributed by atoms with Crippen molar-refractivity contribution in [2.24, 2.45) is 0 Å². The summed E-state index contributed by atoms with van der Waals surface area (Å²) in [5, 5.41) is 9.16. The van der Waals surface area contributed by atoms with E-state index in [0.29, 0.717) is 0 Å². The van der Waals surface area contributed by atoms with Gasteiger partial charge in [0.05, 0.1) is 6.10 Å². The molecule has 0 amide bonds. The van der Waals surface area contributed by atoms with Gasteiger partial charge in [-0.3, -0.25) is 0 Å². The van der Waals surface area contributed by atoms with Crippen molar-refractivity contribution in [2.75, 3.05) is 0 Å². The van der Waals surface area contributed by atoms with Gasteiger partial charge in [-0.2, -0.15) is 0 Å². The minimum atomic E-state index is -0.258. The van der Waals surface area contributed by atoms with E-state index in [0.717, 1.165) is 16.5 Å². The molecule has 1 rings (SSSR count). The van der Waals surface area contributed by atoms with Crippen LogP contribution in [-0.4, -0.2) is 11.2 Å². The Bertz CT molecular complexity index is 170. The lowest BCUT2D eigenvalue weighted by Crippen LogP contribution is -2.09. The zero-order valence-electron chi connectivity index (χ0n) is 5.26. The van der Waals surface area contributed by atoms with Crippen LogP contribution in [0.2, 0.25) is 0 Å². The highest BCUT2D eigenvalue weighted by Gasteiger charge is 2.08. The number of hydrogen-bond acceptors (Lipinski definition) is 1. The first kappa shape index (κ1) is 7.03. The quantitative estimate of drug-likeness (QED) is 0.617. The lowest BCUT2D eigenvalue weighted by molar-refractivity contribution is 0.213. The summed E-state index contributed by atoms with van der Waals surface area (Å²) in [4.78, 5) is 0. The van der Waals surface area contributed by atoms with Gasteiger partial charge in [-0.05, 0) is 25.0 Å². The lowest BCUT2D eigenvalue weighted by atomic mass is 10.0. The van der Waals surface area contributed by atoms with Crippen LogP contribution in [0.15, 0.2) is 22.2 Å². The third-order valence-electron chi connectivity index (χ3n) is 1.43. The van der Waals surface area contributed by atoms with E-state index in [2.05, 4.69) is 15.9 Å². The first-order valence-electron chi connectivity index (χ1n) is 2.92. The van der Waals surface area contributed by atoms with Crippen molar-refractivity contribution in [1.82, 2.24) is 0 Å². The monoisotopic (exact) mass is 188 g/mol. The fourth-order valence-electron chi connectivity index (χ4n) is 0.783. The number of rotatable bonds is 0. The van der Waals surface area contributed by atoms with Crippen LogP contribution in [0.25, 0.3) is 0 Å². The molecule has 0 fully saturated rings. The highest BCUT2D eigenvalue weighted by molar-refractivity contribution is 9.11. The summed E-state index contributed by atoms with van der Waals surface area (Å²) in [6.45, 7) is 1.93. The summed E-state index contributed by atoms with van der Waals surface area (Å²) in [5.41, 5.74) is 1.03. The average molecular weight is 189 g/mol. The van der Waals surface area contributed by atoms with E-state index in [9.17, 15) is 0 Å². The zero-order chi connectivity index (χ0) is 6.85. The minimum absolute atomic E-state index is 0.258. The number of aliphatic hydroxyl groups excluding tert-OH is 1. The molecule has 50 valence electrons. The van der Waals surface area contributed by atoms with Crippen molar-refractivity contribution in [3.63, 3.8) is 0 Å². The van der Waals surface area contributed by atoms with Crippen LogP contribution in [0.1, 0.15) is 13.3 Å². The van der Waals surface area contributed by atoms with E-state index < -0.39 is 0 Å². The van der Waals surface area contributed by atoms with Gasteiger partial charge in [0.2, 0.25) is 0 Å². The molecule has 0 saturated heterocycles. The zero-order valence-corrected chi connectivity index (χ0v) is 6.85. The van der Waals surface area contributed by atoms with Crippen molar-refractivity contribution in [3.8, 4) is 0 Å². The number of hydrogen-bond donors (Lipinski definition) is 1. The highest BCUT2D eigenvalue weighted by atomic mass is 79.9. The Labute approximate surface area is 63.2 Å². The smallest absolute Gasteiger partial charge is 0.0785 e. The summed E-state index contributed by atoms with van der Waals surface area (Å²) in [7, 11) is 0. The van der Waals surface area contributed by atoms with Gasteiger partial charge in [-0.25, -0.2) is 0 Å². The molecule has 1 aliphatic rings. The normalized spacial score (nSPS) is 27.2. The van der Waals surface area contributed by atoms with Crippen molar-refractivity contribution in [3.05, 3.63) is 22.2 Å². The van der Waals surface area contributed by atoms with E-state index in [1.165, 1.54) is 0 Å². The van der Waals surface area contributed by atoms with Crippen LogP contribution in [0.4, 0.5) is 0 Å². The Morgan fingerprint density at radius 1 is 1.78 bits per heavy atom. The molecule has 0 bridgehead atoms. The second-order valence-electron chi connectivity index (χ2n) is 2.23. The van der Waals surface area contributed by atoms with Crippen LogP contribution in [-0.2, 0) is 0 Å². The summed E-state index contributed by atoms with van der Waals surface area (Å²) in [6, 6.07) is 0. The van der Waals surface area contributed by atoms with Gasteiger partial charge in [0.1, 0.15) is 0 Å². The second-order valence-corrected chi connectivity index (χ2v) is 3.14. The number of halogens is 1. The van der Waals surface area contributed by atoms with Gasteiger partial charge in [0.15, 0.2) is 0 Å². The molecule has 1 atom stereocenters. The molecule has 0 heterocycles.